The molecule has 34 heavy (non-hydrogen) atoms. The van der Waals surface area contributed by atoms with Gasteiger partial charge in [-0.25, -0.2) is 0 Å². The van der Waals surface area contributed by atoms with Crippen LogP contribution < -0.4 is 0 Å². The van der Waals surface area contributed by atoms with Crippen LogP contribution in [0.5, 0.6) is 0 Å². The molecule has 176 valence electrons. The molecular weight excluding hydrogens is 426 g/mol. The molecule has 0 unspecified atom stereocenters. The zero-order valence-corrected chi connectivity index (χ0v) is 19.9. The molecule has 5 nitrogen and oxygen atoms in total. The first kappa shape index (κ1) is 22.8. The summed E-state index contributed by atoms with van der Waals surface area (Å²) in [6.07, 6.45) is -1.23. The van der Waals surface area contributed by atoms with Gasteiger partial charge in [0.15, 0.2) is 11.9 Å². The van der Waals surface area contributed by atoms with Gasteiger partial charge in [0.2, 0.25) is 0 Å². The number of benzene rings is 3. The summed E-state index contributed by atoms with van der Waals surface area (Å²) in [6, 6.07) is 28.0. The quantitative estimate of drug-likeness (QED) is 0.459. The second-order valence-corrected chi connectivity index (χ2v) is 9.59. The van der Waals surface area contributed by atoms with E-state index in [2.05, 4.69) is 31.2 Å². The molecule has 1 amide bonds. The third-order valence-corrected chi connectivity index (χ3v) is 6.54. The van der Waals surface area contributed by atoms with E-state index in [1.807, 2.05) is 79.4 Å². The summed E-state index contributed by atoms with van der Waals surface area (Å²) < 4.78 is 19.0. The predicted molar refractivity (Wildman–Crippen MR) is 130 cm³/mol. The van der Waals surface area contributed by atoms with E-state index >= 15 is 0 Å². The van der Waals surface area contributed by atoms with Gasteiger partial charge in [0, 0.05) is 6.54 Å². The van der Waals surface area contributed by atoms with Crippen molar-refractivity contribution >= 4 is 5.91 Å². The highest BCUT2D eigenvalue weighted by Gasteiger charge is 2.58. The molecule has 2 fully saturated rings. The van der Waals surface area contributed by atoms with Crippen molar-refractivity contribution in [3.63, 3.8) is 0 Å². The van der Waals surface area contributed by atoms with Crippen molar-refractivity contribution < 1.29 is 19.0 Å². The zero-order valence-electron chi connectivity index (χ0n) is 19.9. The van der Waals surface area contributed by atoms with Gasteiger partial charge in [-0.2, -0.15) is 0 Å². The van der Waals surface area contributed by atoms with Crippen molar-refractivity contribution in [3.8, 4) is 0 Å². The highest BCUT2D eigenvalue weighted by atomic mass is 16.8. The molecule has 5 heteroatoms. The topological polar surface area (TPSA) is 48.0 Å². The standard InChI is InChI=1S/C29H31NO4/c1-20-14-16-23(17-15-20)25-26(34-29(2,3)33-25)24-27(32-19-22-12-8-5-9-13-22)28(31)30(24)18-21-10-6-4-7-11-21/h4-17,24-27H,18-19H2,1-3H3/t24-,25-,26-,27+/m0/s1. The van der Waals surface area contributed by atoms with Crippen molar-refractivity contribution in [2.75, 3.05) is 0 Å². The average molecular weight is 458 g/mol. The van der Waals surface area contributed by atoms with E-state index in [9.17, 15) is 4.79 Å². The molecule has 2 aliphatic heterocycles. The van der Waals surface area contributed by atoms with Gasteiger partial charge in [-0.05, 0) is 37.5 Å². The van der Waals surface area contributed by atoms with Crippen molar-refractivity contribution in [3.05, 3.63) is 107 Å². The van der Waals surface area contributed by atoms with Gasteiger partial charge in [0.05, 0.1) is 12.6 Å². The second kappa shape index (κ2) is 9.34. The van der Waals surface area contributed by atoms with E-state index in [0.29, 0.717) is 13.2 Å². The Balaban J connectivity index is 1.44. The second-order valence-electron chi connectivity index (χ2n) is 9.59. The van der Waals surface area contributed by atoms with Crippen LogP contribution in [0.25, 0.3) is 0 Å². The van der Waals surface area contributed by atoms with Crippen molar-refractivity contribution in [1.82, 2.24) is 4.90 Å². The molecule has 2 saturated heterocycles. The summed E-state index contributed by atoms with van der Waals surface area (Å²) in [5.41, 5.74) is 4.34. The van der Waals surface area contributed by atoms with Crippen LogP contribution in [0.3, 0.4) is 0 Å². The summed E-state index contributed by atoms with van der Waals surface area (Å²) in [5, 5.41) is 0. The number of β-lactam (4-membered cyclic amide) rings is 1. The van der Waals surface area contributed by atoms with E-state index in [4.69, 9.17) is 14.2 Å². The Labute approximate surface area is 201 Å². The summed E-state index contributed by atoms with van der Waals surface area (Å²) in [7, 11) is 0. The number of rotatable bonds is 7. The first-order valence-electron chi connectivity index (χ1n) is 11.8. The molecule has 0 aliphatic carbocycles. The molecule has 2 heterocycles. The first-order chi connectivity index (χ1) is 16.4. The third kappa shape index (κ3) is 4.64. The summed E-state index contributed by atoms with van der Waals surface area (Å²) in [5.74, 6) is -0.776. The molecule has 4 atom stereocenters. The van der Waals surface area contributed by atoms with Crippen LogP contribution in [0.4, 0.5) is 0 Å². The van der Waals surface area contributed by atoms with Crippen LogP contribution >= 0.6 is 0 Å². The lowest BCUT2D eigenvalue weighted by Gasteiger charge is -2.49. The number of likely N-dealkylation sites (tertiary alicyclic amines) is 1. The molecular formula is C29H31NO4. The fraction of sp³-hybridized carbons (Fsp3) is 0.345. The number of hydrogen-bond acceptors (Lipinski definition) is 4. The van der Waals surface area contributed by atoms with Crippen molar-refractivity contribution in [2.45, 2.75) is 64.1 Å². The zero-order chi connectivity index (χ0) is 23.7. The Morgan fingerprint density at radius 1 is 0.853 bits per heavy atom. The Morgan fingerprint density at radius 3 is 2.12 bits per heavy atom. The highest BCUT2D eigenvalue weighted by Crippen LogP contribution is 2.45. The Morgan fingerprint density at radius 2 is 1.47 bits per heavy atom. The summed E-state index contributed by atoms with van der Waals surface area (Å²) in [6.45, 7) is 6.80. The minimum Gasteiger partial charge on any atom is -0.361 e. The van der Waals surface area contributed by atoms with E-state index in [1.165, 1.54) is 5.56 Å². The minimum atomic E-state index is -0.763. The normalized spacial score (nSPS) is 25.9. The van der Waals surface area contributed by atoms with Gasteiger partial charge in [0.1, 0.15) is 12.2 Å². The molecule has 5 rings (SSSR count). The molecule has 0 saturated carbocycles. The van der Waals surface area contributed by atoms with E-state index in [0.717, 1.165) is 16.7 Å². The SMILES string of the molecule is Cc1ccc([C@@H]2OC(C)(C)O[C@H]2[C@H]2[C@@H](OCc3ccccc3)C(=O)N2Cc2ccccc2)cc1. The van der Waals surface area contributed by atoms with Crippen LogP contribution in [0.15, 0.2) is 84.9 Å². The smallest absolute Gasteiger partial charge is 0.254 e. The first-order valence-corrected chi connectivity index (χ1v) is 11.8. The average Bonchev–Trinajstić information content (AvgIpc) is 3.16. The Hall–Kier alpha value is -2.99. The molecule has 2 aliphatic rings. The number of amides is 1. The molecule has 0 aromatic heterocycles. The summed E-state index contributed by atoms with van der Waals surface area (Å²) in [4.78, 5) is 15.2. The van der Waals surface area contributed by atoms with Gasteiger partial charge >= 0.3 is 0 Å². The van der Waals surface area contributed by atoms with Gasteiger partial charge in [0.25, 0.3) is 5.91 Å². The van der Waals surface area contributed by atoms with Gasteiger partial charge in [-0.15, -0.1) is 0 Å². The van der Waals surface area contributed by atoms with Crippen LogP contribution in [-0.4, -0.2) is 34.8 Å². The molecule has 3 aromatic rings. The van der Waals surface area contributed by atoms with Gasteiger partial charge in [-0.3, -0.25) is 4.79 Å². The molecule has 0 spiro atoms. The van der Waals surface area contributed by atoms with E-state index in [1.54, 1.807) is 0 Å². The van der Waals surface area contributed by atoms with E-state index < -0.39 is 11.9 Å². The Kier molecular flexibility index (Phi) is 6.26. The van der Waals surface area contributed by atoms with Crippen LogP contribution in [-0.2, 0) is 32.2 Å². The van der Waals surface area contributed by atoms with Gasteiger partial charge < -0.3 is 19.1 Å². The van der Waals surface area contributed by atoms with Crippen molar-refractivity contribution in [1.29, 1.82) is 0 Å². The monoisotopic (exact) mass is 457 g/mol. The molecule has 0 N–H and O–H groups in total. The highest BCUT2D eigenvalue weighted by molar-refractivity contribution is 5.88. The van der Waals surface area contributed by atoms with E-state index in [-0.39, 0.29) is 24.2 Å². The van der Waals surface area contributed by atoms with Crippen LogP contribution in [0.2, 0.25) is 0 Å². The Bertz CT molecular complexity index is 1110. The lowest BCUT2D eigenvalue weighted by atomic mass is 9.86. The van der Waals surface area contributed by atoms with Gasteiger partial charge in [-0.1, -0.05) is 90.5 Å². The lowest BCUT2D eigenvalue weighted by Crippen LogP contribution is -2.70. The fourth-order valence-corrected chi connectivity index (χ4v) is 4.83. The maximum absolute atomic E-state index is 13.3. The number of carbonyl (C=O) groups is 1. The molecule has 0 radical (unpaired) electrons. The van der Waals surface area contributed by atoms with Crippen molar-refractivity contribution in [2.24, 2.45) is 0 Å². The predicted octanol–water partition coefficient (Wildman–Crippen LogP) is 5.18. The largest absolute Gasteiger partial charge is 0.361 e. The third-order valence-electron chi connectivity index (χ3n) is 6.54. The summed E-state index contributed by atoms with van der Waals surface area (Å²) >= 11 is 0. The molecule has 3 aromatic carbocycles. The van der Waals surface area contributed by atoms with Crippen LogP contribution in [0.1, 0.15) is 42.2 Å². The minimum absolute atomic E-state index is 0.0132. The number of aryl methyl sites for hydroxylation is 1. The number of carbonyl (C=O) groups excluding carboxylic acids is 1. The van der Waals surface area contributed by atoms with Crippen LogP contribution in [0, 0.1) is 6.92 Å². The molecule has 0 bridgehead atoms. The maximum Gasteiger partial charge on any atom is 0.254 e. The number of nitrogens with zero attached hydrogens (tertiary/aromatic N) is 1. The number of hydrogen-bond donors (Lipinski definition) is 0. The fourth-order valence-electron chi connectivity index (χ4n) is 4.83. The lowest BCUT2D eigenvalue weighted by molar-refractivity contribution is -0.199. The number of ether oxygens (including phenoxy) is 3. The maximum atomic E-state index is 13.3.